The van der Waals surface area contributed by atoms with Crippen LogP contribution in [0.1, 0.15) is 77.6 Å². The first-order valence-electron chi connectivity index (χ1n) is 22.0. The van der Waals surface area contributed by atoms with Gasteiger partial charge in [-0.05, 0) is 68.0 Å². The molecule has 1 aliphatic rings. The number of aliphatic carboxylic acids is 2. The lowest BCUT2D eigenvalue weighted by molar-refractivity contribution is -0.144. The van der Waals surface area contributed by atoms with Crippen molar-refractivity contribution in [1.29, 1.82) is 0 Å². The number of imidazole rings is 2. The molecule has 1 aliphatic heterocycles. The van der Waals surface area contributed by atoms with Crippen LogP contribution in [-0.2, 0) is 56.0 Å². The van der Waals surface area contributed by atoms with Crippen LogP contribution >= 0.6 is 23.5 Å². The molecule has 0 aliphatic carbocycles. The topological polar surface area (TPSA) is 353 Å². The van der Waals surface area contributed by atoms with Crippen molar-refractivity contribution in [3.63, 3.8) is 0 Å². The standard InChI is InChI=1S/C42H66N12O11S2/c1-22(2)33(52-35(57)26(43)11-14-66-5)39(61)48-27(9-10-32(55)56)41(63)54-13-7-8-31(54)38(60)53-34(23(3)4)40(62)51-30(17-25-19-45-21-47-25)37(59)50-29(16-24-18-44-20-46-24)36(58)49-28(42(64)65)12-15-67-6/h18-23,26-31,33-34H,7-17,43H2,1-6H3,(H,44,46)(H,45,47)(H,48,61)(H,49,58)(H,50,59)(H,51,62)(H,52,57)(H,53,60)(H,55,56)(H,64,65)/t26-,27-,28-,29-,30-,31-,33-,34-/m0/s1. The lowest BCUT2D eigenvalue weighted by Gasteiger charge is -2.32. The van der Waals surface area contributed by atoms with Gasteiger partial charge in [0.05, 0.1) is 18.7 Å². The Kier molecular flexibility index (Phi) is 23.1. The van der Waals surface area contributed by atoms with E-state index in [0.717, 1.165) is 0 Å². The molecule has 67 heavy (non-hydrogen) atoms. The van der Waals surface area contributed by atoms with E-state index in [9.17, 15) is 53.4 Å². The first-order valence-corrected chi connectivity index (χ1v) is 24.8. The largest absolute Gasteiger partial charge is 0.481 e. The number of carboxylic acids is 2. The quantitative estimate of drug-likeness (QED) is 0.0462. The van der Waals surface area contributed by atoms with Crippen LogP contribution in [0, 0.1) is 11.8 Å². The summed E-state index contributed by atoms with van der Waals surface area (Å²) in [5.74, 6) is -7.57. The van der Waals surface area contributed by atoms with Gasteiger partial charge in [-0.2, -0.15) is 23.5 Å². The van der Waals surface area contributed by atoms with E-state index in [1.165, 1.54) is 53.5 Å². The van der Waals surface area contributed by atoms with Crippen LogP contribution in [0.15, 0.2) is 25.0 Å². The van der Waals surface area contributed by atoms with E-state index in [1.54, 1.807) is 34.0 Å². The number of carbonyl (C=O) groups is 9. The third-order valence-electron chi connectivity index (χ3n) is 11.0. The number of aromatic nitrogens is 4. The number of carbonyl (C=O) groups excluding carboxylic acids is 7. The van der Waals surface area contributed by atoms with Crippen molar-refractivity contribution in [3.8, 4) is 0 Å². The van der Waals surface area contributed by atoms with E-state index in [2.05, 4.69) is 51.8 Å². The van der Waals surface area contributed by atoms with Gasteiger partial charge < -0.3 is 62.7 Å². The van der Waals surface area contributed by atoms with Gasteiger partial charge in [0.15, 0.2) is 0 Å². The Labute approximate surface area is 397 Å². The third kappa shape index (κ3) is 17.8. The van der Waals surface area contributed by atoms with Crippen molar-refractivity contribution in [1.82, 2.24) is 56.7 Å². The maximum atomic E-state index is 14.2. The molecule has 0 saturated carbocycles. The molecule has 3 heterocycles. The number of likely N-dealkylation sites (tertiary alicyclic amines) is 1. The number of thioether (sulfide) groups is 2. The number of amides is 7. The molecule has 1 fully saturated rings. The van der Waals surface area contributed by atoms with Crippen LogP contribution < -0.4 is 37.6 Å². The predicted molar refractivity (Wildman–Crippen MR) is 249 cm³/mol. The van der Waals surface area contributed by atoms with E-state index in [4.69, 9.17) is 5.73 Å². The van der Waals surface area contributed by atoms with Crippen LogP contribution in [0.25, 0.3) is 0 Å². The summed E-state index contributed by atoms with van der Waals surface area (Å²) in [6.07, 6.45) is 9.24. The molecule has 0 unspecified atom stereocenters. The van der Waals surface area contributed by atoms with Gasteiger partial charge in [-0.25, -0.2) is 14.8 Å². The number of nitrogens with two attached hydrogens (primary N) is 1. The van der Waals surface area contributed by atoms with Gasteiger partial charge in [0.1, 0.15) is 42.3 Å². The maximum Gasteiger partial charge on any atom is 0.326 e. The number of H-pyrrole nitrogens is 2. The Balaban J connectivity index is 1.83. The molecule has 0 spiro atoms. The van der Waals surface area contributed by atoms with Crippen molar-refractivity contribution < 1.29 is 53.4 Å². The molecular weight excluding hydrogens is 913 g/mol. The van der Waals surface area contributed by atoms with Gasteiger partial charge in [-0.1, -0.05) is 27.7 Å². The fourth-order valence-corrected chi connectivity index (χ4v) is 8.16. The maximum absolute atomic E-state index is 14.2. The molecule has 0 bridgehead atoms. The molecule has 23 nitrogen and oxygen atoms in total. The average molecular weight is 979 g/mol. The third-order valence-corrected chi connectivity index (χ3v) is 12.3. The summed E-state index contributed by atoms with van der Waals surface area (Å²) >= 11 is 2.91. The van der Waals surface area contributed by atoms with Crippen LogP contribution in [-0.4, -0.2) is 167 Å². The molecular formula is C42H66N12O11S2. The number of nitrogens with one attached hydrogen (secondary N) is 8. The molecule has 2 aromatic heterocycles. The summed E-state index contributed by atoms with van der Waals surface area (Å²) in [7, 11) is 0. The molecule has 0 radical (unpaired) electrons. The zero-order valence-corrected chi connectivity index (χ0v) is 40.3. The second-order valence-corrected chi connectivity index (χ2v) is 18.9. The smallest absolute Gasteiger partial charge is 0.326 e. The lowest BCUT2D eigenvalue weighted by Crippen LogP contribution is -2.61. The molecule has 2 aromatic rings. The minimum atomic E-state index is -1.39. The highest BCUT2D eigenvalue weighted by molar-refractivity contribution is 7.98. The van der Waals surface area contributed by atoms with Gasteiger partial charge in [0.2, 0.25) is 41.4 Å². The monoisotopic (exact) mass is 978 g/mol. The van der Waals surface area contributed by atoms with E-state index in [-0.39, 0.29) is 38.6 Å². The SMILES string of the molecule is CSCC[C@H](NC(=O)[C@H](Cc1cnc[nH]1)NC(=O)[C@H](Cc1cnc[nH]1)NC(=O)[C@@H](NC(=O)[C@@H]1CCCN1C(=O)[C@H](CCC(=O)O)NC(=O)[C@@H](NC(=O)[C@@H](N)CCSC)C(C)C)C(C)C)C(=O)O. The van der Waals surface area contributed by atoms with Gasteiger partial charge in [0, 0.05) is 49.6 Å². The minimum absolute atomic E-state index is 0.0774. The summed E-state index contributed by atoms with van der Waals surface area (Å²) in [4.78, 5) is 135. The van der Waals surface area contributed by atoms with Gasteiger partial charge in [-0.3, -0.25) is 38.4 Å². The molecule has 25 heteroatoms. The lowest BCUT2D eigenvalue weighted by atomic mass is 10.0. The zero-order valence-electron chi connectivity index (χ0n) is 38.7. The number of carboxylic acid groups (broad SMARTS) is 2. The molecule has 0 aromatic carbocycles. The first-order chi connectivity index (χ1) is 31.8. The zero-order chi connectivity index (χ0) is 49.8. The summed E-state index contributed by atoms with van der Waals surface area (Å²) in [5, 5.41) is 35.1. The number of rotatable bonds is 29. The van der Waals surface area contributed by atoms with Crippen molar-refractivity contribution in [3.05, 3.63) is 36.4 Å². The highest BCUT2D eigenvalue weighted by atomic mass is 32.2. The first kappa shape index (κ1) is 55.6. The van der Waals surface area contributed by atoms with Gasteiger partial charge in [0.25, 0.3) is 0 Å². The number of hydrogen-bond donors (Lipinski definition) is 11. The Morgan fingerprint density at radius 3 is 1.66 bits per heavy atom. The Morgan fingerprint density at radius 1 is 0.687 bits per heavy atom. The van der Waals surface area contributed by atoms with Crippen LogP contribution in [0.3, 0.4) is 0 Å². The van der Waals surface area contributed by atoms with Crippen molar-refractivity contribution in [2.24, 2.45) is 17.6 Å². The fraction of sp³-hybridized carbons (Fsp3) is 0.643. The highest BCUT2D eigenvalue weighted by Gasteiger charge is 2.41. The summed E-state index contributed by atoms with van der Waals surface area (Å²) in [6.45, 7) is 6.76. The molecule has 3 rings (SSSR count). The van der Waals surface area contributed by atoms with Crippen LogP contribution in [0.4, 0.5) is 0 Å². The second kappa shape index (κ2) is 27.8. The van der Waals surface area contributed by atoms with E-state index < -0.39 is 120 Å². The van der Waals surface area contributed by atoms with E-state index in [1.807, 2.05) is 6.26 Å². The van der Waals surface area contributed by atoms with Gasteiger partial charge >= 0.3 is 11.9 Å². The summed E-state index contributed by atoms with van der Waals surface area (Å²) in [6, 6.07) is -9.70. The normalized spacial score (nSPS) is 16.7. The summed E-state index contributed by atoms with van der Waals surface area (Å²) in [5.41, 5.74) is 6.91. The number of aromatic amines is 2. The Bertz CT molecular complexity index is 1970. The molecule has 8 atom stereocenters. The molecule has 1 saturated heterocycles. The summed E-state index contributed by atoms with van der Waals surface area (Å²) < 4.78 is 0. The number of hydrogen-bond acceptors (Lipinski definition) is 14. The van der Waals surface area contributed by atoms with Crippen LogP contribution in [0.2, 0.25) is 0 Å². The highest BCUT2D eigenvalue weighted by Crippen LogP contribution is 2.21. The second-order valence-electron chi connectivity index (χ2n) is 16.9. The van der Waals surface area contributed by atoms with Crippen LogP contribution in [0.5, 0.6) is 0 Å². The fourth-order valence-electron chi connectivity index (χ4n) is 7.20. The van der Waals surface area contributed by atoms with Gasteiger partial charge in [-0.15, -0.1) is 0 Å². The van der Waals surface area contributed by atoms with E-state index >= 15 is 0 Å². The van der Waals surface area contributed by atoms with Crippen molar-refractivity contribution in [2.45, 2.75) is 127 Å². The van der Waals surface area contributed by atoms with Crippen molar-refractivity contribution >= 4 is 76.8 Å². The molecule has 7 amide bonds. The molecule has 12 N–H and O–H groups in total. The number of nitrogens with zero attached hydrogens (tertiary/aromatic N) is 3. The van der Waals surface area contributed by atoms with E-state index in [0.29, 0.717) is 35.7 Å². The average Bonchev–Trinajstić information content (AvgIpc) is 4.10. The Hall–Kier alpha value is -5.69. The predicted octanol–water partition coefficient (Wildman–Crippen LogP) is -1.09. The Morgan fingerprint density at radius 2 is 1.18 bits per heavy atom. The van der Waals surface area contributed by atoms with Crippen molar-refractivity contribution in [2.75, 3.05) is 30.6 Å². The minimum Gasteiger partial charge on any atom is -0.481 e. The molecule has 372 valence electrons.